The number of nitrogens with zero attached hydrogens (tertiary/aromatic N) is 2. The van der Waals surface area contributed by atoms with Crippen LogP contribution in [0.5, 0.6) is 11.6 Å². The second kappa shape index (κ2) is 8.42. The summed E-state index contributed by atoms with van der Waals surface area (Å²) < 4.78 is 5.58. The van der Waals surface area contributed by atoms with Crippen LogP contribution in [0.25, 0.3) is 0 Å². The van der Waals surface area contributed by atoms with Gasteiger partial charge in [-0.3, -0.25) is 14.6 Å². The first kappa shape index (κ1) is 17.8. The van der Waals surface area contributed by atoms with Crippen LogP contribution in [0, 0.1) is 5.92 Å². The number of carbonyl (C=O) groups excluding carboxylic acids is 2. The Labute approximate surface area is 152 Å². The van der Waals surface area contributed by atoms with E-state index in [0.717, 1.165) is 25.7 Å². The number of nitrogens with one attached hydrogen (secondary N) is 2. The maximum Gasteiger partial charge on any atom is 0.247 e. The molecule has 2 aromatic rings. The van der Waals surface area contributed by atoms with Gasteiger partial charge in [-0.25, -0.2) is 4.98 Å². The van der Waals surface area contributed by atoms with Crippen LogP contribution in [-0.4, -0.2) is 27.8 Å². The van der Waals surface area contributed by atoms with E-state index < -0.39 is 6.04 Å². The summed E-state index contributed by atoms with van der Waals surface area (Å²) in [5, 5.41) is 5.67. The van der Waals surface area contributed by atoms with E-state index in [4.69, 9.17) is 4.74 Å². The molecule has 2 amide bonds. The molecular formula is C19H22N4O3. The minimum Gasteiger partial charge on any atom is -0.438 e. The largest absolute Gasteiger partial charge is 0.438 e. The summed E-state index contributed by atoms with van der Waals surface area (Å²) in [5.74, 6) is 0.812. The standard InChI is InChI=1S/C19H22N4O3/c1-13(24)22-18(14-4-2-3-5-14)19(25)23-15-6-8-16(9-7-15)26-17-12-20-10-11-21-17/h6-12,14,18H,2-5H2,1H3,(H,22,24)(H,23,25)/t18-/m1/s1. The normalized spacial score (nSPS) is 15.3. The number of amides is 2. The monoisotopic (exact) mass is 354 g/mol. The summed E-state index contributed by atoms with van der Waals surface area (Å²) >= 11 is 0. The van der Waals surface area contributed by atoms with Gasteiger partial charge in [0.1, 0.15) is 11.8 Å². The van der Waals surface area contributed by atoms with Crippen molar-refractivity contribution in [2.75, 3.05) is 5.32 Å². The van der Waals surface area contributed by atoms with Crippen molar-refractivity contribution in [3.05, 3.63) is 42.9 Å². The van der Waals surface area contributed by atoms with Crippen LogP contribution in [0.15, 0.2) is 42.9 Å². The summed E-state index contributed by atoms with van der Waals surface area (Å²) in [7, 11) is 0. The van der Waals surface area contributed by atoms with E-state index in [2.05, 4.69) is 20.6 Å². The molecule has 1 aliphatic carbocycles. The highest BCUT2D eigenvalue weighted by molar-refractivity contribution is 5.97. The molecule has 3 rings (SSSR count). The number of rotatable bonds is 6. The highest BCUT2D eigenvalue weighted by atomic mass is 16.5. The van der Waals surface area contributed by atoms with E-state index >= 15 is 0 Å². The van der Waals surface area contributed by atoms with E-state index in [1.165, 1.54) is 13.1 Å². The smallest absolute Gasteiger partial charge is 0.247 e. The SMILES string of the molecule is CC(=O)N[C@@H](C(=O)Nc1ccc(Oc2cnccn2)cc1)C1CCCC1. The number of ether oxygens (including phenoxy) is 1. The molecule has 0 saturated heterocycles. The average molecular weight is 354 g/mol. The zero-order chi connectivity index (χ0) is 18.4. The quantitative estimate of drug-likeness (QED) is 0.832. The Hall–Kier alpha value is -2.96. The van der Waals surface area contributed by atoms with Crippen LogP contribution >= 0.6 is 0 Å². The number of benzene rings is 1. The van der Waals surface area contributed by atoms with Crippen LogP contribution in [-0.2, 0) is 9.59 Å². The fraction of sp³-hybridized carbons (Fsp3) is 0.368. The van der Waals surface area contributed by atoms with Gasteiger partial charge < -0.3 is 15.4 Å². The van der Waals surface area contributed by atoms with Crippen LogP contribution in [0.2, 0.25) is 0 Å². The highest BCUT2D eigenvalue weighted by Crippen LogP contribution is 2.28. The zero-order valence-corrected chi connectivity index (χ0v) is 14.6. The van der Waals surface area contributed by atoms with Crippen molar-refractivity contribution >= 4 is 17.5 Å². The third-order valence-corrected chi connectivity index (χ3v) is 4.40. The summed E-state index contributed by atoms with van der Waals surface area (Å²) in [6.45, 7) is 1.44. The first-order valence-electron chi connectivity index (χ1n) is 8.74. The molecule has 0 bridgehead atoms. The lowest BCUT2D eigenvalue weighted by Gasteiger charge is -2.23. The molecule has 1 aliphatic rings. The van der Waals surface area contributed by atoms with Crippen LogP contribution in [0.4, 0.5) is 5.69 Å². The predicted molar refractivity (Wildman–Crippen MR) is 96.7 cm³/mol. The molecule has 1 aromatic carbocycles. The van der Waals surface area contributed by atoms with Gasteiger partial charge in [-0.2, -0.15) is 0 Å². The molecule has 1 aromatic heterocycles. The average Bonchev–Trinajstić information content (AvgIpc) is 3.16. The summed E-state index contributed by atoms with van der Waals surface area (Å²) in [6, 6.07) is 6.50. The number of hydrogen-bond donors (Lipinski definition) is 2. The molecule has 7 nitrogen and oxygen atoms in total. The first-order valence-corrected chi connectivity index (χ1v) is 8.74. The van der Waals surface area contributed by atoms with E-state index in [0.29, 0.717) is 17.3 Å². The minimum absolute atomic E-state index is 0.185. The van der Waals surface area contributed by atoms with Gasteiger partial charge in [0.05, 0.1) is 6.20 Å². The molecule has 0 aliphatic heterocycles. The molecule has 1 atom stereocenters. The van der Waals surface area contributed by atoms with E-state index in [1.807, 2.05) is 0 Å². The molecular weight excluding hydrogens is 332 g/mol. The highest BCUT2D eigenvalue weighted by Gasteiger charge is 2.31. The topological polar surface area (TPSA) is 93.2 Å². The predicted octanol–water partition coefficient (Wildman–Crippen LogP) is 2.90. The molecule has 1 heterocycles. The number of carbonyl (C=O) groups is 2. The molecule has 136 valence electrons. The van der Waals surface area contributed by atoms with E-state index in [-0.39, 0.29) is 17.7 Å². The lowest BCUT2D eigenvalue weighted by atomic mass is 9.97. The van der Waals surface area contributed by atoms with Gasteiger partial charge in [0.15, 0.2) is 0 Å². The van der Waals surface area contributed by atoms with Crippen molar-refractivity contribution in [2.45, 2.75) is 38.6 Å². The molecule has 2 N–H and O–H groups in total. The van der Waals surface area contributed by atoms with Crippen LogP contribution in [0.1, 0.15) is 32.6 Å². The van der Waals surface area contributed by atoms with Gasteiger partial charge in [-0.1, -0.05) is 12.8 Å². The fourth-order valence-corrected chi connectivity index (χ4v) is 3.19. The van der Waals surface area contributed by atoms with Gasteiger partial charge in [0.2, 0.25) is 17.7 Å². The number of hydrogen-bond acceptors (Lipinski definition) is 5. The summed E-state index contributed by atoms with van der Waals surface area (Å²) in [4.78, 5) is 32.1. The van der Waals surface area contributed by atoms with Gasteiger partial charge in [0, 0.05) is 25.0 Å². The molecule has 0 radical (unpaired) electrons. The number of anilines is 1. The second-order valence-corrected chi connectivity index (χ2v) is 6.38. The Morgan fingerprint density at radius 3 is 2.50 bits per heavy atom. The van der Waals surface area contributed by atoms with Gasteiger partial charge in [0.25, 0.3) is 0 Å². The van der Waals surface area contributed by atoms with Gasteiger partial charge in [-0.05, 0) is 43.0 Å². The molecule has 1 saturated carbocycles. The van der Waals surface area contributed by atoms with Crippen molar-refractivity contribution in [1.29, 1.82) is 0 Å². The third-order valence-electron chi connectivity index (χ3n) is 4.40. The third kappa shape index (κ3) is 4.78. The van der Waals surface area contributed by atoms with Gasteiger partial charge in [-0.15, -0.1) is 0 Å². The Bertz CT molecular complexity index is 743. The van der Waals surface area contributed by atoms with E-state index in [1.54, 1.807) is 36.7 Å². The Morgan fingerprint density at radius 2 is 1.88 bits per heavy atom. The van der Waals surface area contributed by atoms with Crippen molar-refractivity contribution in [3.8, 4) is 11.6 Å². The van der Waals surface area contributed by atoms with Crippen LogP contribution < -0.4 is 15.4 Å². The number of aromatic nitrogens is 2. The van der Waals surface area contributed by atoms with Crippen molar-refractivity contribution in [2.24, 2.45) is 5.92 Å². The zero-order valence-electron chi connectivity index (χ0n) is 14.6. The van der Waals surface area contributed by atoms with Crippen molar-refractivity contribution in [3.63, 3.8) is 0 Å². The molecule has 0 spiro atoms. The lowest BCUT2D eigenvalue weighted by Crippen LogP contribution is -2.47. The summed E-state index contributed by atoms with van der Waals surface area (Å²) in [5.41, 5.74) is 0.648. The molecule has 7 heteroatoms. The van der Waals surface area contributed by atoms with E-state index in [9.17, 15) is 9.59 Å². The molecule has 0 unspecified atom stereocenters. The molecule has 26 heavy (non-hydrogen) atoms. The van der Waals surface area contributed by atoms with Gasteiger partial charge >= 0.3 is 0 Å². The van der Waals surface area contributed by atoms with Crippen LogP contribution in [0.3, 0.4) is 0 Å². The Morgan fingerprint density at radius 1 is 1.15 bits per heavy atom. The summed E-state index contributed by atoms with van der Waals surface area (Å²) in [6.07, 6.45) is 8.77. The lowest BCUT2D eigenvalue weighted by molar-refractivity contribution is -0.126. The minimum atomic E-state index is -0.495. The Balaban J connectivity index is 1.63. The first-order chi connectivity index (χ1) is 12.6. The maximum atomic E-state index is 12.6. The fourth-order valence-electron chi connectivity index (χ4n) is 3.19. The van der Waals surface area contributed by atoms with Crippen molar-refractivity contribution in [1.82, 2.24) is 15.3 Å². The molecule has 1 fully saturated rings. The maximum absolute atomic E-state index is 12.6. The second-order valence-electron chi connectivity index (χ2n) is 6.38. The Kier molecular flexibility index (Phi) is 5.78. The van der Waals surface area contributed by atoms with Crippen molar-refractivity contribution < 1.29 is 14.3 Å².